The van der Waals surface area contributed by atoms with Crippen molar-refractivity contribution in [3.8, 4) is 0 Å². The van der Waals surface area contributed by atoms with Gasteiger partial charge in [-0.15, -0.1) is 0 Å². The number of sulfone groups is 1. The summed E-state index contributed by atoms with van der Waals surface area (Å²) in [6.45, 7) is 6.99. The fraction of sp³-hybridized carbons (Fsp3) is 0.929. The number of likely N-dealkylation sites (N-methyl/N-ethyl adjacent to an activating group) is 1. The van der Waals surface area contributed by atoms with Crippen LogP contribution in [0.15, 0.2) is 4.99 Å². The lowest BCUT2D eigenvalue weighted by atomic mass is 10.5. The summed E-state index contributed by atoms with van der Waals surface area (Å²) < 4.78 is 28.5. The Morgan fingerprint density at radius 2 is 2.10 bits per heavy atom. The predicted molar refractivity (Wildman–Crippen MR) is 86.5 cm³/mol. The molecule has 7 heteroatoms. The molecule has 1 aliphatic carbocycles. The molecule has 0 aromatic carbocycles. The molecule has 0 spiro atoms. The standard InChI is InChI=1S/C14H29N3O3S/c1-4-15-14(16-8-11-21(18,19)5-2)17(3)9-10-20-12-13-6-7-13/h13H,4-12H2,1-3H3,(H,15,16). The fourth-order valence-corrected chi connectivity index (χ4v) is 2.40. The zero-order valence-corrected chi connectivity index (χ0v) is 14.3. The Morgan fingerprint density at radius 1 is 1.38 bits per heavy atom. The second kappa shape index (κ2) is 9.25. The van der Waals surface area contributed by atoms with E-state index < -0.39 is 9.84 Å². The minimum atomic E-state index is -2.96. The first-order chi connectivity index (χ1) is 9.98. The van der Waals surface area contributed by atoms with Crippen molar-refractivity contribution in [3.63, 3.8) is 0 Å². The summed E-state index contributed by atoms with van der Waals surface area (Å²) in [7, 11) is -1.02. The highest BCUT2D eigenvalue weighted by Crippen LogP contribution is 2.28. The van der Waals surface area contributed by atoms with Crippen molar-refractivity contribution in [2.45, 2.75) is 26.7 Å². The van der Waals surface area contributed by atoms with E-state index in [0.717, 1.165) is 31.6 Å². The number of rotatable bonds is 10. The van der Waals surface area contributed by atoms with Gasteiger partial charge in [0.2, 0.25) is 0 Å². The van der Waals surface area contributed by atoms with Crippen LogP contribution >= 0.6 is 0 Å². The molecule has 1 rings (SSSR count). The number of ether oxygens (including phenoxy) is 1. The Bertz CT molecular complexity index is 419. The highest BCUT2D eigenvalue weighted by atomic mass is 32.2. The minimum absolute atomic E-state index is 0.102. The molecular weight excluding hydrogens is 290 g/mol. The van der Waals surface area contributed by atoms with Gasteiger partial charge in [-0.3, -0.25) is 4.99 Å². The van der Waals surface area contributed by atoms with E-state index in [1.165, 1.54) is 12.8 Å². The van der Waals surface area contributed by atoms with Crippen molar-refractivity contribution < 1.29 is 13.2 Å². The summed E-state index contributed by atoms with van der Waals surface area (Å²) in [5.41, 5.74) is 0. The smallest absolute Gasteiger partial charge is 0.193 e. The van der Waals surface area contributed by atoms with Gasteiger partial charge >= 0.3 is 0 Å². The second-order valence-electron chi connectivity index (χ2n) is 5.41. The minimum Gasteiger partial charge on any atom is -0.379 e. The molecule has 0 aromatic heterocycles. The Kier molecular flexibility index (Phi) is 8.03. The summed E-state index contributed by atoms with van der Waals surface area (Å²) in [6.07, 6.45) is 2.59. The van der Waals surface area contributed by atoms with E-state index in [-0.39, 0.29) is 11.5 Å². The molecule has 0 radical (unpaired) electrons. The molecule has 0 aliphatic heterocycles. The van der Waals surface area contributed by atoms with Gasteiger partial charge in [0.1, 0.15) is 0 Å². The van der Waals surface area contributed by atoms with Crippen LogP contribution in [-0.4, -0.2) is 70.7 Å². The Hall–Kier alpha value is -0.820. The zero-order valence-electron chi connectivity index (χ0n) is 13.5. The largest absolute Gasteiger partial charge is 0.379 e. The van der Waals surface area contributed by atoms with Crippen LogP contribution in [0.5, 0.6) is 0 Å². The zero-order chi connectivity index (χ0) is 15.7. The van der Waals surface area contributed by atoms with Gasteiger partial charge in [-0.05, 0) is 25.7 Å². The molecule has 0 aromatic rings. The first kappa shape index (κ1) is 18.2. The molecule has 21 heavy (non-hydrogen) atoms. The lowest BCUT2D eigenvalue weighted by molar-refractivity contribution is 0.115. The summed E-state index contributed by atoms with van der Waals surface area (Å²) in [4.78, 5) is 6.35. The molecule has 124 valence electrons. The van der Waals surface area contributed by atoms with E-state index in [9.17, 15) is 8.42 Å². The third-order valence-electron chi connectivity index (χ3n) is 3.42. The van der Waals surface area contributed by atoms with Crippen LogP contribution in [0.1, 0.15) is 26.7 Å². The first-order valence-electron chi connectivity index (χ1n) is 7.76. The fourth-order valence-electron chi connectivity index (χ4n) is 1.75. The van der Waals surface area contributed by atoms with Gasteiger partial charge < -0.3 is 15.0 Å². The molecule has 1 saturated carbocycles. The summed E-state index contributed by atoms with van der Waals surface area (Å²) in [6, 6.07) is 0. The van der Waals surface area contributed by atoms with E-state index in [4.69, 9.17) is 4.74 Å². The highest BCUT2D eigenvalue weighted by molar-refractivity contribution is 7.91. The highest BCUT2D eigenvalue weighted by Gasteiger charge is 2.21. The third kappa shape index (κ3) is 8.26. The van der Waals surface area contributed by atoms with Crippen molar-refractivity contribution in [1.82, 2.24) is 10.2 Å². The lowest BCUT2D eigenvalue weighted by Gasteiger charge is -2.22. The topological polar surface area (TPSA) is 71.0 Å². The Labute approximate surface area is 128 Å². The lowest BCUT2D eigenvalue weighted by Crippen LogP contribution is -2.41. The number of nitrogens with one attached hydrogen (secondary N) is 1. The number of hydrogen-bond donors (Lipinski definition) is 1. The Morgan fingerprint density at radius 3 is 2.67 bits per heavy atom. The van der Waals surface area contributed by atoms with Gasteiger partial charge in [-0.2, -0.15) is 0 Å². The molecule has 0 heterocycles. The molecule has 0 saturated heterocycles. The second-order valence-corrected chi connectivity index (χ2v) is 7.88. The van der Waals surface area contributed by atoms with E-state index in [1.807, 2.05) is 18.9 Å². The molecular formula is C14H29N3O3S. The average molecular weight is 319 g/mol. The monoisotopic (exact) mass is 319 g/mol. The molecule has 6 nitrogen and oxygen atoms in total. The molecule has 0 amide bonds. The molecule has 1 aliphatic rings. The van der Waals surface area contributed by atoms with Crippen LogP contribution < -0.4 is 5.32 Å². The number of guanidine groups is 1. The van der Waals surface area contributed by atoms with Crippen LogP contribution in [0, 0.1) is 5.92 Å². The van der Waals surface area contributed by atoms with E-state index in [2.05, 4.69) is 10.3 Å². The third-order valence-corrected chi connectivity index (χ3v) is 5.11. The first-order valence-corrected chi connectivity index (χ1v) is 9.58. The van der Waals surface area contributed by atoms with E-state index in [1.54, 1.807) is 6.92 Å². The molecule has 0 bridgehead atoms. The van der Waals surface area contributed by atoms with Gasteiger partial charge in [0.25, 0.3) is 0 Å². The van der Waals surface area contributed by atoms with E-state index >= 15 is 0 Å². The SMILES string of the molecule is CCNC(=NCCS(=O)(=O)CC)N(C)CCOCC1CC1. The predicted octanol–water partition coefficient (Wildman–Crippen LogP) is 0.745. The maximum atomic E-state index is 11.5. The van der Waals surface area contributed by atoms with Crippen LogP contribution in [0.3, 0.4) is 0 Å². The van der Waals surface area contributed by atoms with Gasteiger partial charge in [-0.25, -0.2) is 8.42 Å². The maximum Gasteiger partial charge on any atom is 0.193 e. The average Bonchev–Trinajstić information content (AvgIpc) is 3.26. The molecule has 0 unspecified atom stereocenters. The molecule has 0 atom stereocenters. The van der Waals surface area contributed by atoms with Crippen LogP contribution in [0.4, 0.5) is 0 Å². The van der Waals surface area contributed by atoms with E-state index in [0.29, 0.717) is 13.2 Å². The Balaban J connectivity index is 2.33. The quantitative estimate of drug-likeness (QED) is 0.365. The normalized spacial score (nSPS) is 16.0. The van der Waals surface area contributed by atoms with Crippen LogP contribution in [-0.2, 0) is 14.6 Å². The molecule has 1 fully saturated rings. The number of hydrogen-bond acceptors (Lipinski definition) is 4. The van der Waals surface area contributed by atoms with Crippen molar-refractivity contribution >= 4 is 15.8 Å². The van der Waals surface area contributed by atoms with Crippen molar-refractivity contribution in [2.24, 2.45) is 10.9 Å². The van der Waals surface area contributed by atoms with Gasteiger partial charge in [-0.1, -0.05) is 6.92 Å². The molecule has 1 N–H and O–H groups in total. The summed E-state index contributed by atoms with van der Waals surface area (Å²) in [5.74, 6) is 1.78. The van der Waals surface area contributed by atoms with Gasteiger partial charge in [0, 0.05) is 32.5 Å². The maximum absolute atomic E-state index is 11.5. The number of nitrogens with zero attached hydrogens (tertiary/aromatic N) is 2. The van der Waals surface area contributed by atoms with Crippen molar-refractivity contribution in [2.75, 3.05) is 51.4 Å². The van der Waals surface area contributed by atoms with Crippen molar-refractivity contribution in [1.29, 1.82) is 0 Å². The summed E-state index contributed by atoms with van der Waals surface area (Å²) >= 11 is 0. The van der Waals surface area contributed by atoms with Crippen LogP contribution in [0.25, 0.3) is 0 Å². The van der Waals surface area contributed by atoms with Crippen LogP contribution in [0.2, 0.25) is 0 Å². The number of aliphatic imine (C=N–C) groups is 1. The summed E-state index contributed by atoms with van der Waals surface area (Å²) in [5, 5.41) is 3.17. The van der Waals surface area contributed by atoms with Gasteiger partial charge in [0.15, 0.2) is 15.8 Å². The van der Waals surface area contributed by atoms with Gasteiger partial charge in [0.05, 0.1) is 18.9 Å². The van der Waals surface area contributed by atoms with Crippen molar-refractivity contribution in [3.05, 3.63) is 0 Å².